The Bertz CT molecular complexity index is 2000. The van der Waals surface area contributed by atoms with Crippen LogP contribution in [0.4, 0.5) is 0 Å². The zero-order valence-electron chi connectivity index (χ0n) is 32.6. The van der Waals surface area contributed by atoms with Crippen LogP contribution in [-0.2, 0) is 20.9 Å². The number of carbonyl (C=O) groups is 4. The first kappa shape index (κ1) is 40.5. The van der Waals surface area contributed by atoms with E-state index in [2.05, 4.69) is 85.0 Å². The minimum atomic E-state index is -0.595. The number of ether oxygens (including phenoxy) is 1. The Kier molecular flexibility index (Phi) is 14.6. The number of amides is 4. The molecule has 0 radical (unpaired) electrons. The van der Waals surface area contributed by atoms with Crippen LogP contribution in [0, 0.1) is 0 Å². The number of carbonyl (C=O) groups excluding carboxylic acids is 4. The molecule has 292 valence electrons. The van der Waals surface area contributed by atoms with Crippen LogP contribution in [0.1, 0.15) is 104 Å². The predicted octanol–water partition coefficient (Wildman–Crippen LogP) is 9.18. The monoisotopic (exact) mass is 771 g/mol. The average molecular weight is 772 g/mol. The van der Waals surface area contributed by atoms with Crippen LogP contribution in [0.3, 0.4) is 0 Å². The Morgan fingerprint density at radius 1 is 0.804 bits per heavy atom. The summed E-state index contributed by atoms with van der Waals surface area (Å²) >= 11 is 1.76. The molecular formula is C47H53N3O5S. The fourth-order valence-electron chi connectivity index (χ4n) is 7.58. The summed E-state index contributed by atoms with van der Waals surface area (Å²) in [4.78, 5) is 54.4. The Hall–Kier alpha value is -5.15. The zero-order valence-corrected chi connectivity index (χ0v) is 33.5. The van der Waals surface area contributed by atoms with Crippen molar-refractivity contribution in [2.75, 3.05) is 26.0 Å². The van der Waals surface area contributed by atoms with Crippen molar-refractivity contribution in [2.45, 2.75) is 88.6 Å². The summed E-state index contributed by atoms with van der Waals surface area (Å²) in [6.45, 7) is 3.58. The topological polar surface area (TPSA) is 96.0 Å². The van der Waals surface area contributed by atoms with Gasteiger partial charge in [0.05, 0.1) is 6.54 Å². The van der Waals surface area contributed by atoms with Crippen LogP contribution in [0.15, 0.2) is 108 Å². The number of fused-ring (bicyclic) bond motifs is 1. The molecule has 0 saturated carbocycles. The maximum absolute atomic E-state index is 13.1. The molecule has 9 heteroatoms. The van der Waals surface area contributed by atoms with E-state index in [1.165, 1.54) is 22.3 Å². The number of hydrogen-bond donors (Lipinski definition) is 1. The van der Waals surface area contributed by atoms with Crippen LogP contribution in [0.2, 0.25) is 0 Å². The number of hydrogen-bond acceptors (Lipinski definition) is 6. The molecule has 1 unspecified atom stereocenters. The number of rotatable bonds is 19. The molecule has 4 amide bonds. The van der Waals surface area contributed by atoms with Gasteiger partial charge in [-0.15, -0.1) is 11.8 Å². The lowest BCUT2D eigenvalue weighted by Gasteiger charge is -2.29. The quantitative estimate of drug-likeness (QED) is 0.0442. The minimum absolute atomic E-state index is 0.132. The highest BCUT2D eigenvalue weighted by Gasteiger charge is 2.39. The third-order valence-corrected chi connectivity index (χ3v) is 11.9. The van der Waals surface area contributed by atoms with Gasteiger partial charge in [0.1, 0.15) is 18.4 Å². The van der Waals surface area contributed by atoms with Crippen molar-refractivity contribution in [3.63, 3.8) is 0 Å². The zero-order chi connectivity index (χ0) is 39.3. The highest BCUT2D eigenvalue weighted by molar-refractivity contribution is 7.99. The molecular weight excluding hydrogens is 719 g/mol. The second-order valence-corrected chi connectivity index (χ2v) is 15.7. The Balaban J connectivity index is 0.862. The van der Waals surface area contributed by atoms with Crippen molar-refractivity contribution < 1.29 is 23.9 Å². The average Bonchev–Trinajstić information content (AvgIpc) is 3.56. The molecule has 8 nitrogen and oxygen atoms in total. The fourth-order valence-corrected chi connectivity index (χ4v) is 8.67. The molecule has 4 aromatic rings. The second-order valence-electron chi connectivity index (χ2n) is 14.5. The fraction of sp³-hybridized carbons (Fsp3) is 0.362. The third kappa shape index (κ3) is 10.4. The second kappa shape index (κ2) is 20.1. The van der Waals surface area contributed by atoms with E-state index >= 15 is 0 Å². The first-order chi connectivity index (χ1) is 27.3. The first-order valence-electron chi connectivity index (χ1n) is 20.0. The van der Waals surface area contributed by atoms with Crippen molar-refractivity contribution >= 4 is 46.5 Å². The van der Waals surface area contributed by atoms with Gasteiger partial charge in [-0.25, -0.2) is 0 Å². The number of nitrogens with one attached hydrogen (secondary N) is 1. The Labute approximate surface area is 335 Å². The van der Waals surface area contributed by atoms with Gasteiger partial charge in [-0.05, 0) is 89.1 Å². The van der Waals surface area contributed by atoms with Gasteiger partial charge in [0.2, 0.25) is 17.7 Å². The highest BCUT2D eigenvalue weighted by Crippen LogP contribution is 2.36. The summed E-state index contributed by atoms with van der Waals surface area (Å²) in [5, 5.41) is 2.37. The number of nitrogens with zero attached hydrogens (tertiary/aromatic N) is 2. The smallest absolute Gasteiger partial charge is 0.255 e. The third-order valence-electron chi connectivity index (χ3n) is 10.7. The lowest BCUT2D eigenvalue weighted by atomic mass is 9.88. The van der Waals surface area contributed by atoms with Crippen LogP contribution >= 0.6 is 11.8 Å². The van der Waals surface area contributed by atoms with E-state index in [9.17, 15) is 19.2 Å². The Morgan fingerprint density at radius 3 is 2.16 bits per heavy atom. The number of allylic oxidation sites excluding steroid dienone is 1. The van der Waals surface area contributed by atoms with E-state index in [0.29, 0.717) is 38.1 Å². The summed E-state index contributed by atoms with van der Waals surface area (Å²) in [7, 11) is 1.85. The largest absolute Gasteiger partial charge is 0.492 e. The van der Waals surface area contributed by atoms with Gasteiger partial charge >= 0.3 is 0 Å². The molecule has 1 atom stereocenters. The summed E-state index contributed by atoms with van der Waals surface area (Å²) in [5.41, 5.74) is 7.73. The normalized spacial score (nSPS) is 15.6. The molecule has 0 aromatic heterocycles. The standard InChI is InChI=1S/C47H53N3O5S/c1-3-38(34-17-10-8-11-18-34)45(35-19-12-9-13-20-35)36-24-26-37(27-25-36)55-31-30-49(2)44(52)23-14-6-4-5-7-15-32-56-42-22-16-21-39-40(42)33-50(47(39)54)41-28-29-43(51)48-46(41)53/h8-13,16-22,24-27,41H,3-7,14-15,23,28-33H2,1-2H3,(H,48,51,53)/b45-38-. The van der Waals surface area contributed by atoms with Gasteiger partial charge < -0.3 is 14.5 Å². The lowest BCUT2D eigenvalue weighted by Crippen LogP contribution is -2.52. The maximum Gasteiger partial charge on any atom is 0.255 e. The Morgan fingerprint density at radius 2 is 1.46 bits per heavy atom. The molecule has 4 aromatic carbocycles. The SMILES string of the molecule is CC/C(=C(\c1ccccc1)c1ccc(OCCN(C)C(=O)CCCCCCCCSc2cccc3c2CN(C2CCC(=O)NC2=O)C3=O)cc1)c1ccccc1. The van der Waals surface area contributed by atoms with Gasteiger partial charge in [-0.3, -0.25) is 24.5 Å². The highest BCUT2D eigenvalue weighted by atomic mass is 32.2. The van der Waals surface area contributed by atoms with E-state index < -0.39 is 6.04 Å². The van der Waals surface area contributed by atoms with Crippen molar-refractivity contribution in [1.29, 1.82) is 0 Å². The molecule has 0 aliphatic carbocycles. The number of unbranched alkanes of at least 4 members (excludes halogenated alkanes) is 5. The van der Waals surface area contributed by atoms with Crippen molar-refractivity contribution in [1.82, 2.24) is 15.1 Å². The number of imide groups is 1. The summed E-state index contributed by atoms with van der Waals surface area (Å²) in [5.74, 6) is 1.10. The van der Waals surface area contributed by atoms with Gasteiger partial charge in [-0.1, -0.05) is 111 Å². The lowest BCUT2D eigenvalue weighted by molar-refractivity contribution is -0.137. The first-order valence-corrected chi connectivity index (χ1v) is 21.0. The van der Waals surface area contributed by atoms with Crippen LogP contribution < -0.4 is 10.1 Å². The van der Waals surface area contributed by atoms with E-state index in [-0.39, 0.29) is 30.0 Å². The van der Waals surface area contributed by atoms with Gasteiger partial charge in [0.25, 0.3) is 5.91 Å². The van der Waals surface area contributed by atoms with E-state index in [4.69, 9.17) is 4.74 Å². The van der Waals surface area contributed by atoms with Crippen LogP contribution in [0.5, 0.6) is 5.75 Å². The molecule has 1 N–H and O–H groups in total. The van der Waals surface area contributed by atoms with E-state index in [1.54, 1.807) is 21.6 Å². The van der Waals surface area contributed by atoms with Crippen LogP contribution in [-0.4, -0.2) is 65.4 Å². The molecule has 0 spiro atoms. The molecule has 56 heavy (non-hydrogen) atoms. The molecule has 1 saturated heterocycles. The molecule has 2 heterocycles. The predicted molar refractivity (Wildman–Crippen MR) is 224 cm³/mol. The maximum atomic E-state index is 13.1. The number of benzene rings is 4. The van der Waals surface area contributed by atoms with Gasteiger partial charge in [0, 0.05) is 36.9 Å². The van der Waals surface area contributed by atoms with Crippen LogP contribution in [0.25, 0.3) is 11.1 Å². The van der Waals surface area contributed by atoms with Gasteiger partial charge in [0.15, 0.2) is 0 Å². The summed E-state index contributed by atoms with van der Waals surface area (Å²) in [6.07, 6.45) is 8.41. The molecule has 2 aliphatic rings. The van der Waals surface area contributed by atoms with Gasteiger partial charge in [-0.2, -0.15) is 0 Å². The molecule has 1 fully saturated rings. The van der Waals surface area contributed by atoms with E-state index in [0.717, 1.165) is 72.5 Å². The summed E-state index contributed by atoms with van der Waals surface area (Å²) in [6, 6.07) is 34.6. The summed E-state index contributed by atoms with van der Waals surface area (Å²) < 4.78 is 6.07. The number of thioether (sulfide) groups is 1. The van der Waals surface area contributed by atoms with Crippen molar-refractivity contribution in [2.24, 2.45) is 0 Å². The molecule has 2 aliphatic heterocycles. The molecule has 0 bridgehead atoms. The van der Waals surface area contributed by atoms with E-state index in [1.807, 2.05) is 37.4 Å². The number of piperidine rings is 1. The minimum Gasteiger partial charge on any atom is -0.492 e. The van der Waals surface area contributed by atoms with Crippen molar-refractivity contribution in [3.8, 4) is 5.75 Å². The number of likely N-dealkylation sites (N-methyl/N-ethyl adjacent to an activating group) is 1. The van der Waals surface area contributed by atoms with Crippen molar-refractivity contribution in [3.05, 3.63) is 131 Å². The molecule has 6 rings (SSSR count).